The average molecular weight is 205 g/mol. The predicted molar refractivity (Wildman–Crippen MR) is 63.3 cm³/mol. The van der Waals surface area contributed by atoms with E-state index in [0.29, 0.717) is 6.10 Å². The Hall–Kier alpha value is -1.02. The molecule has 82 valence electrons. The number of hydrogen-bond acceptors (Lipinski definition) is 2. The van der Waals surface area contributed by atoms with Gasteiger partial charge in [0.1, 0.15) is 0 Å². The quantitative estimate of drug-likeness (QED) is 0.816. The lowest BCUT2D eigenvalue weighted by molar-refractivity contribution is 0.120. The van der Waals surface area contributed by atoms with E-state index in [0.717, 1.165) is 19.6 Å². The van der Waals surface area contributed by atoms with Gasteiger partial charge in [-0.1, -0.05) is 25.1 Å². The lowest BCUT2D eigenvalue weighted by atomic mass is 10.1. The van der Waals surface area contributed by atoms with Crippen molar-refractivity contribution in [1.29, 1.82) is 0 Å². The minimum absolute atomic E-state index is 0.412. The Bertz CT molecular complexity index is 305. The van der Waals surface area contributed by atoms with Gasteiger partial charge in [-0.05, 0) is 30.9 Å². The van der Waals surface area contributed by atoms with Crippen LogP contribution in [0.15, 0.2) is 24.3 Å². The lowest BCUT2D eigenvalue weighted by Crippen LogP contribution is -2.18. The molecule has 1 fully saturated rings. The molecule has 2 rings (SSSR count). The van der Waals surface area contributed by atoms with Crippen LogP contribution < -0.4 is 5.32 Å². The molecule has 2 nitrogen and oxygen atoms in total. The van der Waals surface area contributed by atoms with E-state index < -0.39 is 0 Å². The summed E-state index contributed by atoms with van der Waals surface area (Å²) in [6, 6.07) is 8.50. The summed E-state index contributed by atoms with van der Waals surface area (Å²) in [6.07, 6.45) is 3.90. The second kappa shape index (κ2) is 5.17. The van der Waals surface area contributed by atoms with Gasteiger partial charge in [-0.25, -0.2) is 0 Å². The summed E-state index contributed by atoms with van der Waals surface area (Å²) in [6.45, 7) is 4.06. The minimum Gasteiger partial charge on any atom is -0.382 e. The molecule has 0 spiro atoms. The standard InChI is InChI=1S/C13H19NO/c1-2-11-6-3-4-8-13(11)14-10-12-7-5-9-15-12/h3-4,6,8,12,14H,2,5,7,9-10H2,1H3. The maximum absolute atomic E-state index is 5.59. The molecule has 1 heterocycles. The monoisotopic (exact) mass is 205 g/mol. The van der Waals surface area contributed by atoms with E-state index in [2.05, 4.69) is 36.5 Å². The van der Waals surface area contributed by atoms with E-state index in [1.807, 2.05) is 0 Å². The first-order chi connectivity index (χ1) is 7.40. The first-order valence-electron chi connectivity index (χ1n) is 5.83. The zero-order valence-electron chi connectivity index (χ0n) is 9.33. The number of ether oxygens (including phenoxy) is 1. The van der Waals surface area contributed by atoms with Gasteiger partial charge in [0.15, 0.2) is 0 Å². The molecule has 15 heavy (non-hydrogen) atoms. The largest absolute Gasteiger partial charge is 0.382 e. The number of para-hydroxylation sites is 1. The summed E-state index contributed by atoms with van der Waals surface area (Å²) in [5, 5.41) is 3.48. The maximum atomic E-state index is 5.59. The molecule has 1 saturated heterocycles. The third-order valence-electron chi connectivity index (χ3n) is 2.94. The van der Waals surface area contributed by atoms with Gasteiger partial charge in [-0.15, -0.1) is 0 Å². The van der Waals surface area contributed by atoms with Crippen molar-refractivity contribution in [2.45, 2.75) is 32.3 Å². The van der Waals surface area contributed by atoms with Crippen molar-refractivity contribution in [2.24, 2.45) is 0 Å². The molecule has 0 aliphatic carbocycles. The highest BCUT2D eigenvalue weighted by molar-refractivity contribution is 5.51. The van der Waals surface area contributed by atoms with E-state index in [-0.39, 0.29) is 0 Å². The van der Waals surface area contributed by atoms with Crippen molar-refractivity contribution in [3.05, 3.63) is 29.8 Å². The van der Waals surface area contributed by atoms with Crippen molar-refractivity contribution in [3.63, 3.8) is 0 Å². The third-order valence-corrected chi connectivity index (χ3v) is 2.94. The minimum atomic E-state index is 0.412. The van der Waals surface area contributed by atoms with Crippen LogP contribution in [-0.2, 0) is 11.2 Å². The molecule has 1 aromatic rings. The highest BCUT2D eigenvalue weighted by Gasteiger charge is 2.14. The summed E-state index contributed by atoms with van der Waals surface area (Å²) < 4.78 is 5.59. The Morgan fingerprint density at radius 3 is 3.00 bits per heavy atom. The van der Waals surface area contributed by atoms with Crippen LogP contribution in [0.4, 0.5) is 5.69 Å². The molecule has 0 bridgehead atoms. The summed E-state index contributed by atoms with van der Waals surface area (Å²) in [7, 11) is 0. The highest BCUT2D eigenvalue weighted by atomic mass is 16.5. The van der Waals surface area contributed by atoms with E-state index in [1.54, 1.807) is 0 Å². The molecule has 1 aliphatic heterocycles. The third kappa shape index (κ3) is 2.72. The van der Waals surface area contributed by atoms with E-state index in [9.17, 15) is 0 Å². The van der Waals surface area contributed by atoms with Gasteiger partial charge in [-0.2, -0.15) is 0 Å². The van der Waals surface area contributed by atoms with Crippen LogP contribution in [-0.4, -0.2) is 19.3 Å². The Morgan fingerprint density at radius 2 is 2.27 bits per heavy atom. The zero-order chi connectivity index (χ0) is 10.5. The predicted octanol–water partition coefficient (Wildman–Crippen LogP) is 2.84. The molecular formula is C13H19NO. The van der Waals surface area contributed by atoms with Gasteiger partial charge in [0, 0.05) is 18.8 Å². The topological polar surface area (TPSA) is 21.3 Å². The summed E-state index contributed by atoms with van der Waals surface area (Å²) in [5.74, 6) is 0. The summed E-state index contributed by atoms with van der Waals surface area (Å²) in [4.78, 5) is 0. The molecule has 0 amide bonds. The number of anilines is 1. The van der Waals surface area contributed by atoms with Gasteiger partial charge in [0.25, 0.3) is 0 Å². The number of nitrogens with one attached hydrogen (secondary N) is 1. The SMILES string of the molecule is CCc1ccccc1NCC1CCCO1. The van der Waals surface area contributed by atoms with E-state index in [4.69, 9.17) is 4.74 Å². The summed E-state index contributed by atoms with van der Waals surface area (Å²) >= 11 is 0. The molecule has 1 unspecified atom stereocenters. The summed E-state index contributed by atoms with van der Waals surface area (Å²) in [5.41, 5.74) is 2.64. The van der Waals surface area contributed by atoms with E-state index >= 15 is 0 Å². The van der Waals surface area contributed by atoms with Gasteiger partial charge in [-0.3, -0.25) is 0 Å². The Morgan fingerprint density at radius 1 is 1.40 bits per heavy atom. The van der Waals surface area contributed by atoms with Crippen molar-refractivity contribution in [1.82, 2.24) is 0 Å². The van der Waals surface area contributed by atoms with Crippen LogP contribution in [0.3, 0.4) is 0 Å². The van der Waals surface area contributed by atoms with Crippen LogP contribution in [0.2, 0.25) is 0 Å². The highest BCUT2D eigenvalue weighted by Crippen LogP contribution is 2.17. The molecule has 1 atom stereocenters. The smallest absolute Gasteiger partial charge is 0.0748 e. The first-order valence-corrected chi connectivity index (χ1v) is 5.83. The van der Waals surface area contributed by atoms with Gasteiger partial charge in [0.05, 0.1) is 6.10 Å². The second-order valence-corrected chi connectivity index (χ2v) is 4.03. The first kappa shape index (κ1) is 10.5. The van der Waals surface area contributed by atoms with Crippen molar-refractivity contribution in [2.75, 3.05) is 18.5 Å². The van der Waals surface area contributed by atoms with Gasteiger partial charge >= 0.3 is 0 Å². The fraction of sp³-hybridized carbons (Fsp3) is 0.538. The molecule has 0 aromatic heterocycles. The van der Waals surface area contributed by atoms with Crippen LogP contribution >= 0.6 is 0 Å². The Balaban J connectivity index is 1.91. The van der Waals surface area contributed by atoms with Crippen LogP contribution in [0.5, 0.6) is 0 Å². The average Bonchev–Trinajstić information content (AvgIpc) is 2.79. The van der Waals surface area contributed by atoms with Crippen LogP contribution in [0, 0.1) is 0 Å². The number of rotatable bonds is 4. The van der Waals surface area contributed by atoms with Crippen LogP contribution in [0.25, 0.3) is 0 Å². The fourth-order valence-electron chi connectivity index (χ4n) is 2.03. The number of aryl methyl sites for hydroxylation is 1. The lowest BCUT2D eigenvalue weighted by Gasteiger charge is -2.14. The van der Waals surface area contributed by atoms with Crippen molar-refractivity contribution >= 4 is 5.69 Å². The number of hydrogen-bond donors (Lipinski definition) is 1. The van der Waals surface area contributed by atoms with Crippen LogP contribution in [0.1, 0.15) is 25.3 Å². The van der Waals surface area contributed by atoms with E-state index in [1.165, 1.54) is 24.1 Å². The molecule has 1 N–H and O–H groups in total. The molecule has 0 saturated carbocycles. The maximum Gasteiger partial charge on any atom is 0.0748 e. The van der Waals surface area contributed by atoms with Gasteiger partial charge < -0.3 is 10.1 Å². The molecule has 2 heteroatoms. The Labute approximate surface area is 91.6 Å². The zero-order valence-corrected chi connectivity index (χ0v) is 9.33. The molecule has 0 radical (unpaired) electrons. The normalized spacial score (nSPS) is 20.5. The van der Waals surface area contributed by atoms with Gasteiger partial charge in [0.2, 0.25) is 0 Å². The molecule has 1 aliphatic rings. The fourth-order valence-corrected chi connectivity index (χ4v) is 2.03. The number of benzene rings is 1. The molecule has 1 aromatic carbocycles. The van der Waals surface area contributed by atoms with Crippen molar-refractivity contribution in [3.8, 4) is 0 Å². The Kier molecular flexibility index (Phi) is 3.62. The molecular weight excluding hydrogens is 186 g/mol. The van der Waals surface area contributed by atoms with Crippen molar-refractivity contribution < 1.29 is 4.74 Å². The second-order valence-electron chi connectivity index (χ2n) is 4.03.